The number of halogens is 3. The van der Waals surface area contributed by atoms with Gasteiger partial charge in [0.15, 0.2) is 0 Å². The van der Waals surface area contributed by atoms with Crippen molar-refractivity contribution in [3.8, 4) is 0 Å². The molecule has 28 heavy (non-hydrogen) atoms. The molecule has 0 radical (unpaired) electrons. The van der Waals surface area contributed by atoms with Crippen LogP contribution in [0.5, 0.6) is 0 Å². The van der Waals surface area contributed by atoms with Crippen LogP contribution in [-0.2, 0) is 16.1 Å². The quantitative estimate of drug-likeness (QED) is 0.720. The lowest BCUT2D eigenvalue weighted by Gasteiger charge is -2.28. The largest absolute Gasteiger partial charge is 0.490 e. The van der Waals surface area contributed by atoms with E-state index in [2.05, 4.69) is 17.4 Å². The molecule has 0 unspecified atom stereocenters. The molecule has 0 spiro atoms. The molecule has 1 aromatic carbocycles. The van der Waals surface area contributed by atoms with Gasteiger partial charge in [-0.25, -0.2) is 4.79 Å². The molecule has 2 fully saturated rings. The molecule has 6 nitrogen and oxygen atoms in total. The monoisotopic (exact) mass is 399 g/mol. The van der Waals surface area contributed by atoms with Gasteiger partial charge in [0, 0.05) is 17.5 Å². The van der Waals surface area contributed by atoms with Crippen LogP contribution in [0.3, 0.4) is 0 Å². The fraction of sp³-hybridized carbons (Fsp3) is 0.474. The number of fused-ring (bicyclic) bond motifs is 3. The number of carboxylic acid groups (broad SMARTS) is 2. The minimum Gasteiger partial charge on any atom is -0.481 e. The Morgan fingerprint density at radius 3 is 2.29 bits per heavy atom. The van der Waals surface area contributed by atoms with Crippen LogP contribution in [0, 0.1) is 5.41 Å². The van der Waals surface area contributed by atoms with Crippen LogP contribution in [0.4, 0.5) is 13.2 Å². The fourth-order valence-electron chi connectivity index (χ4n) is 4.15. The Hall–Kier alpha value is -2.55. The number of aliphatic carboxylic acids is 2. The van der Waals surface area contributed by atoms with Crippen molar-refractivity contribution in [2.75, 3.05) is 0 Å². The topological polar surface area (TPSA) is 99.8 Å². The second kappa shape index (κ2) is 7.12. The predicted molar refractivity (Wildman–Crippen MR) is 92.6 cm³/mol. The van der Waals surface area contributed by atoms with Gasteiger partial charge in [0.2, 0.25) is 0 Å². The molecule has 2 aliphatic rings. The zero-order valence-electron chi connectivity index (χ0n) is 14.9. The van der Waals surface area contributed by atoms with E-state index in [9.17, 15) is 23.1 Å². The summed E-state index contributed by atoms with van der Waals surface area (Å²) in [4.78, 5) is 20.4. The molecule has 152 valence electrons. The highest BCUT2D eigenvalue weighted by Gasteiger charge is 2.57. The minimum absolute atomic E-state index is 0.0315. The molecule has 0 aliphatic heterocycles. The van der Waals surface area contributed by atoms with E-state index >= 15 is 0 Å². The Balaban J connectivity index is 0.000000279. The molecule has 2 aliphatic carbocycles. The molecule has 0 atom stereocenters. The van der Waals surface area contributed by atoms with Gasteiger partial charge >= 0.3 is 18.1 Å². The molecule has 1 heterocycles. The van der Waals surface area contributed by atoms with Crippen LogP contribution in [0.15, 0.2) is 34.9 Å². The van der Waals surface area contributed by atoms with E-state index in [0.29, 0.717) is 0 Å². The smallest absolute Gasteiger partial charge is 0.481 e. The van der Waals surface area contributed by atoms with E-state index in [1.807, 2.05) is 12.1 Å². The third kappa shape index (κ3) is 3.99. The van der Waals surface area contributed by atoms with Crippen molar-refractivity contribution in [1.29, 1.82) is 0 Å². The number of carboxylic acids is 2. The van der Waals surface area contributed by atoms with Gasteiger partial charge in [0.05, 0.1) is 11.7 Å². The summed E-state index contributed by atoms with van der Waals surface area (Å²) >= 11 is 0. The maximum Gasteiger partial charge on any atom is 0.490 e. The van der Waals surface area contributed by atoms with Crippen molar-refractivity contribution in [3.05, 3.63) is 36.1 Å². The van der Waals surface area contributed by atoms with Gasteiger partial charge in [-0.3, -0.25) is 4.79 Å². The number of benzene rings is 1. The number of nitrogens with one attached hydrogen (secondary N) is 1. The van der Waals surface area contributed by atoms with E-state index in [0.717, 1.165) is 49.6 Å². The Kier molecular flexibility index (Phi) is 5.14. The zero-order valence-corrected chi connectivity index (χ0v) is 14.9. The summed E-state index contributed by atoms with van der Waals surface area (Å²) in [7, 11) is 0. The Labute approximate surface area is 158 Å². The molecule has 3 N–H and O–H groups in total. The van der Waals surface area contributed by atoms with E-state index < -0.39 is 23.5 Å². The van der Waals surface area contributed by atoms with E-state index in [-0.39, 0.29) is 5.54 Å². The second-order valence-corrected chi connectivity index (χ2v) is 7.49. The third-order valence-corrected chi connectivity index (χ3v) is 5.72. The lowest BCUT2D eigenvalue weighted by atomic mass is 9.84. The summed E-state index contributed by atoms with van der Waals surface area (Å²) in [5, 5.41) is 21.3. The summed E-state index contributed by atoms with van der Waals surface area (Å²) in [6.07, 6.45) is 0.992. The van der Waals surface area contributed by atoms with Crippen LogP contribution < -0.4 is 5.32 Å². The molecular formula is C19H20F3NO5. The lowest BCUT2D eigenvalue weighted by molar-refractivity contribution is -0.192. The Morgan fingerprint density at radius 2 is 1.75 bits per heavy atom. The molecular weight excluding hydrogens is 379 g/mol. The summed E-state index contributed by atoms with van der Waals surface area (Å²) in [5.74, 6) is -3.36. The molecule has 0 saturated heterocycles. The first kappa shape index (κ1) is 20.2. The molecule has 2 saturated carbocycles. The van der Waals surface area contributed by atoms with E-state index in [1.165, 1.54) is 5.56 Å². The fourth-order valence-corrected chi connectivity index (χ4v) is 4.15. The van der Waals surface area contributed by atoms with Gasteiger partial charge in [-0.2, -0.15) is 13.2 Å². The van der Waals surface area contributed by atoms with Crippen molar-refractivity contribution in [3.63, 3.8) is 0 Å². The number of carbonyl (C=O) groups is 2. The first-order valence-electron chi connectivity index (χ1n) is 8.80. The average Bonchev–Trinajstić information content (AvgIpc) is 3.33. The van der Waals surface area contributed by atoms with Gasteiger partial charge in [-0.05, 0) is 55.9 Å². The minimum atomic E-state index is -5.08. The zero-order chi connectivity index (χ0) is 20.6. The molecule has 9 heteroatoms. The van der Waals surface area contributed by atoms with Crippen LogP contribution in [0.1, 0.15) is 37.7 Å². The van der Waals surface area contributed by atoms with E-state index in [1.54, 1.807) is 6.26 Å². The average molecular weight is 399 g/mol. The molecule has 2 bridgehead atoms. The highest BCUT2D eigenvalue weighted by atomic mass is 19.4. The highest BCUT2D eigenvalue weighted by molar-refractivity contribution is 5.78. The molecule has 0 amide bonds. The summed E-state index contributed by atoms with van der Waals surface area (Å²) in [5.41, 5.74) is 1.70. The van der Waals surface area contributed by atoms with Gasteiger partial charge in [0.1, 0.15) is 5.58 Å². The molecule has 4 rings (SSSR count). The van der Waals surface area contributed by atoms with Crippen LogP contribution in [-0.4, -0.2) is 33.9 Å². The van der Waals surface area contributed by atoms with Gasteiger partial charge in [0.25, 0.3) is 0 Å². The van der Waals surface area contributed by atoms with Crippen molar-refractivity contribution in [2.45, 2.75) is 50.4 Å². The van der Waals surface area contributed by atoms with E-state index in [4.69, 9.17) is 14.3 Å². The summed E-state index contributed by atoms with van der Waals surface area (Å²) in [6.45, 7) is 0.789. The van der Waals surface area contributed by atoms with Gasteiger partial charge < -0.3 is 19.9 Å². The second-order valence-electron chi connectivity index (χ2n) is 7.49. The maximum absolute atomic E-state index is 11.5. The van der Waals surface area contributed by atoms with Crippen molar-refractivity contribution in [1.82, 2.24) is 5.32 Å². The van der Waals surface area contributed by atoms with Crippen molar-refractivity contribution >= 4 is 22.9 Å². The van der Waals surface area contributed by atoms with Crippen molar-refractivity contribution < 1.29 is 37.4 Å². The maximum atomic E-state index is 11.5. The van der Waals surface area contributed by atoms with Gasteiger partial charge in [-0.1, -0.05) is 6.07 Å². The Bertz CT molecular complexity index is 881. The number of furan rings is 1. The first-order valence-corrected chi connectivity index (χ1v) is 8.80. The lowest BCUT2D eigenvalue weighted by Crippen LogP contribution is -2.40. The standard InChI is InChI=1S/C17H19NO3.C2HF3O2/c19-15(20)16-4-6-17(11-16,7-5-16)18-10-12-1-2-14-13(9-12)3-8-21-14;3-2(4,5)1(6)7/h1-3,8-9,18H,4-7,10-11H2,(H,19,20);(H,6,7). The van der Waals surface area contributed by atoms with Crippen molar-refractivity contribution in [2.24, 2.45) is 5.41 Å². The highest BCUT2D eigenvalue weighted by Crippen LogP contribution is 2.56. The molecule has 1 aromatic heterocycles. The number of hydrogen-bond donors (Lipinski definition) is 3. The first-order chi connectivity index (χ1) is 13.1. The van der Waals surface area contributed by atoms with Gasteiger partial charge in [-0.15, -0.1) is 0 Å². The molecule has 2 aromatic rings. The van der Waals surface area contributed by atoms with Crippen LogP contribution in [0.25, 0.3) is 11.0 Å². The number of alkyl halides is 3. The normalized spacial score (nSPS) is 26.1. The van der Waals surface area contributed by atoms with Crippen LogP contribution in [0.2, 0.25) is 0 Å². The Morgan fingerprint density at radius 1 is 1.11 bits per heavy atom. The number of hydrogen-bond acceptors (Lipinski definition) is 4. The SMILES string of the molecule is O=C(O)C(F)(F)F.O=C(O)C12CCC(NCc3ccc4occc4c3)(CC1)C2. The number of rotatable bonds is 4. The summed E-state index contributed by atoms with van der Waals surface area (Å²) in [6, 6.07) is 8.17. The third-order valence-electron chi connectivity index (χ3n) is 5.72. The predicted octanol–water partition coefficient (Wildman–Crippen LogP) is 3.94. The summed E-state index contributed by atoms with van der Waals surface area (Å²) < 4.78 is 37.1. The van der Waals surface area contributed by atoms with Crippen LogP contribution >= 0.6 is 0 Å².